The maximum atomic E-state index is 14.0. The lowest BCUT2D eigenvalue weighted by Gasteiger charge is -2.25. The van der Waals surface area contributed by atoms with Crippen molar-refractivity contribution in [3.63, 3.8) is 0 Å². The molecule has 0 aliphatic rings. The zero-order chi connectivity index (χ0) is 34.9. The SMILES string of the molecule is CSCCC(NC(=O)C(Cc1c[nH]c2ccccc12)NC(=O)C(Cc1ccc(O)cc1)NC(=O)C(N)Cc1c[nH]c2ccccc12)C(=O)O. The van der Waals surface area contributed by atoms with Gasteiger partial charge in [0.2, 0.25) is 17.7 Å². The van der Waals surface area contributed by atoms with E-state index in [1.54, 1.807) is 24.5 Å². The molecular formula is C36H40N6O6S. The third-order valence-corrected chi connectivity index (χ3v) is 9.06. The van der Waals surface area contributed by atoms with Crippen LogP contribution >= 0.6 is 11.8 Å². The first-order chi connectivity index (χ1) is 23.6. The summed E-state index contributed by atoms with van der Waals surface area (Å²) in [6.07, 6.45) is 5.89. The minimum Gasteiger partial charge on any atom is -0.508 e. The Kier molecular flexibility index (Phi) is 11.6. The van der Waals surface area contributed by atoms with Gasteiger partial charge in [0.1, 0.15) is 23.9 Å². The average molecular weight is 685 g/mol. The predicted octanol–water partition coefficient (Wildman–Crippen LogP) is 3.00. The van der Waals surface area contributed by atoms with Crippen molar-refractivity contribution in [2.24, 2.45) is 5.73 Å². The highest BCUT2D eigenvalue weighted by Gasteiger charge is 2.31. The fourth-order valence-electron chi connectivity index (χ4n) is 5.75. The topological polar surface area (TPSA) is 202 Å². The fourth-order valence-corrected chi connectivity index (χ4v) is 6.22. The van der Waals surface area contributed by atoms with E-state index < -0.39 is 47.9 Å². The van der Waals surface area contributed by atoms with E-state index in [1.165, 1.54) is 23.9 Å². The van der Waals surface area contributed by atoms with Crippen LogP contribution in [0.15, 0.2) is 85.2 Å². The maximum Gasteiger partial charge on any atom is 0.326 e. The summed E-state index contributed by atoms with van der Waals surface area (Å²) in [7, 11) is 0. The smallest absolute Gasteiger partial charge is 0.326 e. The van der Waals surface area contributed by atoms with Gasteiger partial charge in [0.15, 0.2) is 0 Å². The van der Waals surface area contributed by atoms with Crippen molar-refractivity contribution in [1.82, 2.24) is 25.9 Å². The number of H-pyrrole nitrogens is 2. The summed E-state index contributed by atoms with van der Waals surface area (Å²) in [5.41, 5.74) is 10.3. The van der Waals surface area contributed by atoms with Crippen LogP contribution in [0.2, 0.25) is 0 Å². The second kappa shape index (κ2) is 16.2. The molecule has 5 rings (SSSR count). The number of phenols is 1. The number of carboxylic acids is 1. The Morgan fingerprint density at radius 3 is 1.80 bits per heavy atom. The highest BCUT2D eigenvalue weighted by Crippen LogP contribution is 2.21. The maximum absolute atomic E-state index is 14.0. The van der Waals surface area contributed by atoms with E-state index in [9.17, 15) is 29.4 Å². The Balaban J connectivity index is 1.39. The summed E-state index contributed by atoms with van der Waals surface area (Å²) in [5, 5.41) is 29.5. The average Bonchev–Trinajstić information content (AvgIpc) is 3.70. The molecule has 0 saturated carbocycles. The van der Waals surface area contributed by atoms with Gasteiger partial charge >= 0.3 is 5.97 Å². The van der Waals surface area contributed by atoms with Gasteiger partial charge in [-0.2, -0.15) is 11.8 Å². The number of rotatable bonds is 16. The minimum absolute atomic E-state index is 0.0323. The van der Waals surface area contributed by atoms with Crippen molar-refractivity contribution in [2.45, 2.75) is 49.9 Å². The molecule has 0 aliphatic carbocycles. The number of carbonyl (C=O) groups is 4. The first kappa shape index (κ1) is 35.0. The molecule has 0 bridgehead atoms. The van der Waals surface area contributed by atoms with Gasteiger partial charge in [-0.3, -0.25) is 14.4 Å². The zero-order valence-electron chi connectivity index (χ0n) is 26.9. The number of nitrogens with one attached hydrogen (secondary N) is 5. The Labute approximate surface area is 287 Å². The monoisotopic (exact) mass is 684 g/mol. The molecule has 2 heterocycles. The van der Waals surface area contributed by atoms with Gasteiger partial charge in [-0.25, -0.2) is 4.79 Å². The first-order valence-electron chi connectivity index (χ1n) is 15.9. The third-order valence-electron chi connectivity index (χ3n) is 8.42. The number of carbonyl (C=O) groups excluding carboxylic acids is 3. The van der Waals surface area contributed by atoms with Crippen LogP contribution < -0.4 is 21.7 Å². The van der Waals surface area contributed by atoms with Gasteiger partial charge in [0, 0.05) is 47.0 Å². The van der Waals surface area contributed by atoms with Gasteiger partial charge in [0.25, 0.3) is 0 Å². The number of carboxylic acid groups (broad SMARTS) is 1. The lowest BCUT2D eigenvalue weighted by Crippen LogP contribution is -2.58. The number of nitrogens with two attached hydrogens (primary N) is 1. The van der Waals surface area contributed by atoms with Crippen molar-refractivity contribution >= 4 is 57.3 Å². The van der Waals surface area contributed by atoms with Crippen molar-refractivity contribution < 1.29 is 29.4 Å². The van der Waals surface area contributed by atoms with Crippen LogP contribution in [0, 0.1) is 0 Å². The van der Waals surface area contributed by atoms with Crippen LogP contribution in [-0.4, -0.2) is 80.0 Å². The van der Waals surface area contributed by atoms with Crippen LogP contribution in [0.5, 0.6) is 5.75 Å². The van der Waals surface area contributed by atoms with Gasteiger partial charge in [-0.1, -0.05) is 48.5 Å². The number of hydrogen-bond donors (Lipinski definition) is 8. The van der Waals surface area contributed by atoms with Crippen molar-refractivity contribution in [2.75, 3.05) is 12.0 Å². The molecule has 0 aliphatic heterocycles. The molecule has 256 valence electrons. The first-order valence-corrected chi connectivity index (χ1v) is 17.3. The summed E-state index contributed by atoms with van der Waals surface area (Å²) in [6, 6.07) is 16.9. The molecule has 9 N–H and O–H groups in total. The van der Waals surface area contributed by atoms with E-state index in [0.29, 0.717) is 11.3 Å². The van der Waals surface area contributed by atoms with Crippen molar-refractivity contribution in [1.29, 1.82) is 0 Å². The number of amides is 3. The highest BCUT2D eigenvalue weighted by atomic mass is 32.2. The van der Waals surface area contributed by atoms with Gasteiger partial charge in [0.05, 0.1) is 6.04 Å². The van der Waals surface area contributed by atoms with E-state index in [4.69, 9.17) is 5.73 Å². The molecule has 4 unspecified atom stereocenters. The summed E-state index contributed by atoms with van der Waals surface area (Å²) in [5.74, 6) is -2.52. The molecule has 4 atom stereocenters. The number of aromatic amines is 2. The minimum atomic E-state index is -1.18. The van der Waals surface area contributed by atoms with Crippen LogP contribution in [0.4, 0.5) is 0 Å². The largest absolute Gasteiger partial charge is 0.508 e. The van der Waals surface area contributed by atoms with Crippen LogP contribution in [0.25, 0.3) is 21.8 Å². The van der Waals surface area contributed by atoms with E-state index in [2.05, 4.69) is 25.9 Å². The number of para-hydroxylation sites is 2. The second-order valence-electron chi connectivity index (χ2n) is 11.9. The predicted molar refractivity (Wildman–Crippen MR) is 190 cm³/mol. The Bertz CT molecular complexity index is 1920. The normalized spacial score (nSPS) is 13.8. The molecule has 13 heteroatoms. The van der Waals surface area contributed by atoms with Crippen LogP contribution in [0.3, 0.4) is 0 Å². The van der Waals surface area contributed by atoms with Gasteiger partial charge in [-0.15, -0.1) is 0 Å². The molecule has 49 heavy (non-hydrogen) atoms. The van der Waals surface area contributed by atoms with E-state index in [0.717, 1.165) is 32.9 Å². The van der Waals surface area contributed by atoms with Gasteiger partial charge in [-0.05, 0) is 65.8 Å². The third kappa shape index (κ3) is 9.00. The quantitative estimate of drug-likeness (QED) is 0.0775. The molecule has 0 fully saturated rings. The summed E-state index contributed by atoms with van der Waals surface area (Å²) < 4.78 is 0. The van der Waals surface area contributed by atoms with Crippen LogP contribution in [0.1, 0.15) is 23.1 Å². The lowest BCUT2D eigenvalue weighted by molar-refractivity contribution is -0.142. The number of aromatic nitrogens is 2. The number of aliphatic carboxylic acids is 1. The Morgan fingerprint density at radius 2 is 1.22 bits per heavy atom. The van der Waals surface area contributed by atoms with E-state index in [1.807, 2.05) is 54.8 Å². The summed E-state index contributed by atoms with van der Waals surface area (Å²) >= 11 is 1.46. The second-order valence-corrected chi connectivity index (χ2v) is 12.9. The highest BCUT2D eigenvalue weighted by molar-refractivity contribution is 7.98. The molecular weight excluding hydrogens is 644 g/mol. The molecule has 0 radical (unpaired) electrons. The molecule has 0 saturated heterocycles. The molecule has 2 aromatic heterocycles. The zero-order valence-corrected chi connectivity index (χ0v) is 27.8. The van der Waals surface area contributed by atoms with Crippen LogP contribution in [-0.2, 0) is 38.4 Å². The van der Waals surface area contributed by atoms with Crippen molar-refractivity contribution in [3.05, 3.63) is 102 Å². The molecule has 5 aromatic rings. The Hall–Kier alpha value is -5.27. The fraction of sp³-hybridized carbons (Fsp3) is 0.278. The number of aromatic hydroxyl groups is 1. The van der Waals surface area contributed by atoms with E-state index >= 15 is 0 Å². The van der Waals surface area contributed by atoms with Gasteiger partial charge < -0.3 is 41.9 Å². The summed E-state index contributed by atoms with van der Waals surface area (Å²) in [4.78, 5) is 59.6. The lowest BCUT2D eigenvalue weighted by atomic mass is 10.0. The standard InChI is InChI=1S/C36H40N6O6S/c1-49-15-14-30(36(47)48)40-35(46)32(18-23-20-39-29-9-5-3-7-26(23)29)42-34(45)31(16-21-10-12-24(43)13-11-21)41-33(44)27(37)17-22-19-38-28-8-4-2-6-25(22)28/h2-13,19-20,27,30-32,38-39,43H,14-18,37H2,1H3,(H,40,46)(H,41,44)(H,42,45)(H,47,48). The molecule has 3 aromatic carbocycles. The molecule has 0 spiro atoms. The molecule has 3 amide bonds. The number of fused-ring (bicyclic) bond motifs is 2. The Morgan fingerprint density at radius 1 is 0.714 bits per heavy atom. The number of benzene rings is 3. The number of phenolic OH excluding ortho intramolecular Hbond substituents is 1. The molecule has 12 nitrogen and oxygen atoms in total. The van der Waals surface area contributed by atoms with Crippen molar-refractivity contribution in [3.8, 4) is 5.75 Å². The number of hydrogen-bond acceptors (Lipinski definition) is 7. The summed E-state index contributed by atoms with van der Waals surface area (Å²) in [6.45, 7) is 0. The van der Waals surface area contributed by atoms with E-state index in [-0.39, 0.29) is 31.4 Å². The number of thioether (sulfide) groups is 1.